The van der Waals surface area contributed by atoms with Crippen molar-refractivity contribution in [3.63, 3.8) is 0 Å². The fourth-order valence-corrected chi connectivity index (χ4v) is 18.7. The van der Waals surface area contributed by atoms with Crippen LogP contribution < -0.4 is 0 Å². The van der Waals surface area contributed by atoms with Crippen LogP contribution in [0.25, 0.3) is 0 Å². The van der Waals surface area contributed by atoms with Gasteiger partial charge in [0.25, 0.3) is 0 Å². The molecule has 0 saturated heterocycles. The Bertz CT molecular complexity index is 3280. The predicted molar refractivity (Wildman–Crippen MR) is 387 cm³/mol. The molecule has 472 valence electrons. The van der Waals surface area contributed by atoms with E-state index in [1.165, 1.54) is 214 Å². The second kappa shape index (κ2) is 26.0. The predicted octanol–water partition coefficient (Wildman–Crippen LogP) is 24.4. The third-order valence-corrected chi connectivity index (χ3v) is 26.2. The zero-order chi connectivity index (χ0) is 64.0. The van der Waals surface area contributed by atoms with Gasteiger partial charge in [0.05, 0.1) is 0 Å². The van der Waals surface area contributed by atoms with E-state index in [-0.39, 0.29) is 21.7 Å². The summed E-state index contributed by atoms with van der Waals surface area (Å²) in [5.41, 5.74) is 30.0. The first kappa shape index (κ1) is 65.3. The molecule has 90 heavy (non-hydrogen) atoms. The molecule has 0 bridgehead atoms. The third-order valence-electron chi connectivity index (χ3n) is 26.2. The average Bonchev–Trinajstić information content (AvgIpc) is 0.791. The number of aryl methyl sites for hydroxylation is 12. The lowest BCUT2D eigenvalue weighted by Crippen LogP contribution is -2.43. The normalized spacial score (nSPS) is 19.0. The molecule has 0 nitrogen and oxygen atoms in total. The first-order valence-electron chi connectivity index (χ1n) is 35.5. The minimum absolute atomic E-state index is 0.109. The van der Waals surface area contributed by atoms with Gasteiger partial charge < -0.3 is 0 Å². The molecule has 12 rings (SSSR count). The van der Waals surface area contributed by atoms with Crippen molar-refractivity contribution in [2.24, 2.45) is 34.5 Å². The zero-order valence-electron chi connectivity index (χ0n) is 58.8. The lowest BCUT2D eigenvalue weighted by molar-refractivity contribution is 0.0364. The van der Waals surface area contributed by atoms with Gasteiger partial charge in [-0.25, -0.2) is 0 Å². The number of hydrogen-bond donors (Lipinski definition) is 0. The highest BCUT2D eigenvalue weighted by atomic mass is 14.5. The van der Waals surface area contributed by atoms with Crippen LogP contribution in [0.4, 0.5) is 0 Å². The van der Waals surface area contributed by atoms with Crippen LogP contribution >= 0.6 is 0 Å². The van der Waals surface area contributed by atoms with Gasteiger partial charge >= 0.3 is 0 Å². The summed E-state index contributed by atoms with van der Waals surface area (Å²) >= 11 is 0. The third kappa shape index (κ3) is 12.6. The van der Waals surface area contributed by atoms with Crippen molar-refractivity contribution >= 4 is 0 Å². The summed E-state index contributed by atoms with van der Waals surface area (Å²) in [4.78, 5) is 0. The fraction of sp³-hybridized carbons (Fsp3) is 0.467. The van der Waals surface area contributed by atoms with Gasteiger partial charge in [0.1, 0.15) is 0 Å². The largest absolute Gasteiger partial charge is 0.0594 e. The van der Waals surface area contributed by atoms with E-state index in [1.54, 1.807) is 0 Å². The highest BCUT2D eigenvalue weighted by Crippen LogP contribution is 2.60. The molecule has 4 aliphatic rings. The van der Waals surface area contributed by atoms with Gasteiger partial charge in [-0.15, -0.1) is 0 Å². The highest BCUT2D eigenvalue weighted by Gasteiger charge is 2.50. The molecule has 0 unspecified atom stereocenters. The molecule has 4 aliphatic carbocycles. The first-order valence-corrected chi connectivity index (χ1v) is 35.5. The van der Waals surface area contributed by atoms with Crippen LogP contribution in [0.15, 0.2) is 170 Å². The van der Waals surface area contributed by atoms with Gasteiger partial charge in [0.15, 0.2) is 0 Å². The van der Waals surface area contributed by atoms with Crippen molar-refractivity contribution in [1.82, 2.24) is 0 Å². The van der Waals surface area contributed by atoms with Gasteiger partial charge in [-0.2, -0.15) is 0 Å². The summed E-state index contributed by atoms with van der Waals surface area (Å²) < 4.78 is 0. The minimum Gasteiger partial charge on any atom is -0.0594 e. The Hall–Kier alpha value is -6.24. The summed E-state index contributed by atoms with van der Waals surface area (Å²) in [6.07, 6.45) is 20.4. The van der Waals surface area contributed by atoms with Crippen molar-refractivity contribution in [2.45, 2.75) is 235 Å². The molecule has 0 radical (unpaired) electrons. The molecule has 0 N–H and O–H groups in total. The Morgan fingerprint density at radius 1 is 0.211 bits per heavy atom. The molecule has 0 atom stereocenters. The molecule has 0 aromatic heterocycles. The summed E-state index contributed by atoms with van der Waals surface area (Å²) in [7, 11) is 0. The second-order valence-corrected chi connectivity index (χ2v) is 31.7. The van der Waals surface area contributed by atoms with Crippen LogP contribution in [-0.2, 0) is 21.7 Å². The Labute approximate surface area is 547 Å². The van der Waals surface area contributed by atoms with E-state index in [2.05, 4.69) is 281 Å². The van der Waals surface area contributed by atoms with Crippen LogP contribution in [0.1, 0.15) is 242 Å². The van der Waals surface area contributed by atoms with E-state index in [9.17, 15) is 0 Å². The summed E-state index contributed by atoms with van der Waals surface area (Å²) in [5.74, 6) is 3.06. The smallest absolute Gasteiger partial charge is 0.0203 e. The topological polar surface area (TPSA) is 0 Å². The van der Waals surface area contributed by atoms with Gasteiger partial charge in [0, 0.05) is 21.7 Å². The zero-order valence-corrected chi connectivity index (χ0v) is 58.8. The van der Waals surface area contributed by atoms with Crippen LogP contribution in [-0.4, -0.2) is 0 Å². The summed E-state index contributed by atoms with van der Waals surface area (Å²) in [5, 5.41) is 0. The first-order chi connectivity index (χ1) is 42.9. The van der Waals surface area contributed by atoms with Gasteiger partial charge in [-0.1, -0.05) is 220 Å². The molecular weight excluding hydrogens is 1080 g/mol. The number of benzene rings is 8. The van der Waals surface area contributed by atoms with Crippen molar-refractivity contribution in [1.29, 1.82) is 0 Å². The van der Waals surface area contributed by atoms with E-state index in [1.807, 2.05) is 0 Å². The van der Waals surface area contributed by atoms with Crippen molar-refractivity contribution in [2.75, 3.05) is 0 Å². The minimum atomic E-state index is 0.109. The Morgan fingerprint density at radius 3 is 0.533 bits per heavy atom. The second-order valence-electron chi connectivity index (χ2n) is 31.7. The highest BCUT2D eigenvalue weighted by molar-refractivity contribution is 5.49. The molecule has 0 heterocycles. The fourth-order valence-electron chi connectivity index (χ4n) is 18.7. The van der Waals surface area contributed by atoms with Gasteiger partial charge in [0.2, 0.25) is 0 Å². The van der Waals surface area contributed by atoms with Crippen molar-refractivity contribution < 1.29 is 0 Å². The Morgan fingerprint density at radius 2 is 0.367 bits per heavy atom. The molecule has 8 aromatic rings. The van der Waals surface area contributed by atoms with Gasteiger partial charge in [-0.05, 0) is 309 Å². The van der Waals surface area contributed by atoms with E-state index in [4.69, 9.17) is 0 Å². The van der Waals surface area contributed by atoms with E-state index < -0.39 is 0 Å². The summed E-state index contributed by atoms with van der Waals surface area (Å²) in [6, 6.07) is 67.1. The maximum absolute atomic E-state index is 2.64. The maximum Gasteiger partial charge on any atom is 0.0203 e. The molecule has 0 spiro atoms. The molecule has 8 aromatic carbocycles. The van der Waals surface area contributed by atoms with Crippen LogP contribution in [0.2, 0.25) is 0 Å². The molecular formula is C90H112. The molecule has 0 amide bonds. The number of hydrogen-bond acceptors (Lipinski definition) is 0. The van der Waals surface area contributed by atoms with Crippen molar-refractivity contribution in [3.8, 4) is 0 Å². The molecule has 4 fully saturated rings. The number of rotatable bonds is 12. The van der Waals surface area contributed by atoms with E-state index >= 15 is 0 Å². The average molecular weight is 1190 g/mol. The maximum atomic E-state index is 2.64. The summed E-state index contributed by atoms with van der Waals surface area (Å²) in [6.45, 7) is 37.5. The molecule has 4 saturated carbocycles. The molecule has 0 aliphatic heterocycles. The monoisotopic (exact) mass is 1190 g/mol. The quantitative estimate of drug-likeness (QED) is 0.114. The van der Waals surface area contributed by atoms with Crippen LogP contribution in [0.3, 0.4) is 0 Å². The van der Waals surface area contributed by atoms with Gasteiger partial charge in [-0.3, -0.25) is 0 Å². The van der Waals surface area contributed by atoms with Crippen LogP contribution in [0, 0.1) is 118 Å². The SMILES string of the molecule is Cc1ccc(C2(c3ccc(C)c(C)c3)CCC(C(C)(C)C3CCC(c4ccc(C)c(C)c4)(c4ccc(C)c(C)c4)CC3)CC2)cc1C.Cc1ccc(C2(c3ccc(C)cc3)CCC(C(C)(C)C3CCC(c4ccc(C)cc4)(c4ccc(C)cc4)CC3)CC2)cc1. The standard InChI is InChI=1S/C47H60.C43H52/c1-31-11-15-41(27-35(31)5)46(42-16-12-32(2)36(6)28-42)23-19-39(20-24-46)45(9,10)40-21-25-47(26-22-40,43-17-13-33(3)37(7)29-43)44-18-14-34(4)38(8)30-44;1-31-7-15-37(16-8-31)42(38-17-9-32(2)10-18-38)27-23-35(24-28-42)41(5,6)36-25-29-43(30-26-36,39-19-11-33(3)12-20-39)40-21-13-34(4)14-22-40/h11-18,27-30,39-40H,19-26H2,1-10H3;7-22,35-36H,23-30H2,1-6H3. The van der Waals surface area contributed by atoms with Crippen LogP contribution in [0.5, 0.6) is 0 Å². The lowest BCUT2D eigenvalue weighted by atomic mass is 9.53. The molecule has 0 heteroatoms. The van der Waals surface area contributed by atoms with Crippen molar-refractivity contribution in [3.05, 3.63) is 281 Å². The Kier molecular flexibility index (Phi) is 18.9. The Balaban J connectivity index is 0.000000186. The van der Waals surface area contributed by atoms with E-state index in [0.29, 0.717) is 10.8 Å². The van der Waals surface area contributed by atoms with E-state index in [0.717, 1.165) is 23.7 Å². The lowest BCUT2D eigenvalue weighted by Gasteiger charge is -2.52.